The van der Waals surface area contributed by atoms with Gasteiger partial charge in [-0.1, -0.05) is 0 Å². The smallest absolute Gasteiger partial charge is 0.444 e. The summed E-state index contributed by atoms with van der Waals surface area (Å²) in [6.07, 6.45) is -15.8. The first-order chi connectivity index (χ1) is 10.6. The average Bonchev–Trinajstić information content (AvgIpc) is 2.64. The van der Waals surface area contributed by atoms with E-state index in [1.165, 1.54) is 0 Å². The Bertz CT molecular complexity index is 482. The average molecular weight is 367 g/mol. The van der Waals surface area contributed by atoms with E-state index in [9.17, 15) is 35.9 Å². The molecule has 1 fully saturated rings. The fourth-order valence-corrected chi connectivity index (χ4v) is 1.69. The van der Waals surface area contributed by atoms with Crippen LogP contribution >= 0.6 is 0 Å². The van der Waals surface area contributed by atoms with Crippen molar-refractivity contribution in [3.8, 4) is 0 Å². The SMILES string of the molecule is CC(C)(C)OC(=O)NCCC1OC(C(F)(F)F)(C(F)(F)F)OC1=O. The molecule has 0 saturated carbocycles. The summed E-state index contributed by atoms with van der Waals surface area (Å²) < 4.78 is 88.2. The largest absolute Gasteiger partial charge is 0.465 e. The van der Waals surface area contributed by atoms with Crippen LogP contribution < -0.4 is 5.32 Å². The van der Waals surface area contributed by atoms with Crippen LogP contribution in [-0.2, 0) is 19.0 Å². The first-order valence-corrected chi connectivity index (χ1v) is 6.60. The number of esters is 1. The molecule has 1 aliphatic rings. The van der Waals surface area contributed by atoms with Crippen LogP contribution in [0.15, 0.2) is 0 Å². The van der Waals surface area contributed by atoms with Crippen molar-refractivity contribution in [2.75, 3.05) is 6.54 Å². The molecule has 1 aliphatic heterocycles. The van der Waals surface area contributed by atoms with Gasteiger partial charge in [-0.15, -0.1) is 0 Å². The normalized spacial score (nSPS) is 21.4. The fraction of sp³-hybridized carbons (Fsp3) is 0.833. The molecule has 140 valence electrons. The van der Waals surface area contributed by atoms with Crippen molar-refractivity contribution < 1.29 is 50.1 Å². The minimum atomic E-state index is -6.01. The number of alkyl halides is 6. The van der Waals surface area contributed by atoms with Crippen molar-refractivity contribution in [3.05, 3.63) is 0 Å². The number of hydrogen-bond donors (Lipinski definition) is 1. The third-order valence-electron chi connectivity index (χ3n) is 2.64. The zero-order valence-corrected chi connectivity index (χ0v) is 12.8. The number of carbonyl (C=O) groups excluding carboxylic acids is 2. The van der Waals surface area contributed by atoms with Crippen LogP contribution in [-0.4, -0.2) is 48.5 Å². The molecule has 0 aromatic carbocycles. The number of nitrogens with one attached hydrogen (secondary N) is 1. The molecule has 0 aromatic rings. The number of carbonyl (C=O) groups is 2. The second kappa shape index (κ2) is 6.30. The van der Waals surface area contributed by atoms with Gasteiger partial charge in [0.2, 0.25) is 0 Å². The van der Waals surface area contributed by atoms with Crippen LogP contribution in [0, 0.1) is 0 Å². The Kier molecular flexibility index (Phi) is 5.33. The lowest BCUT2D eigenvalue weighted by Gasteiger charge is -2.30. The third-order valence-corrected chi connectivity index (χ3v) is 2.64. The van der Waals surface area contributed by atoms with Gasteiger partial charge in [0.15, 0.2) is 6.10 Å². The van der Waals surface area contributed by atoms with E-state index in [0.717, 1.165) is 0 Å². The highest BCUT2D eigenvalue weighted by atomic mass is 19.4. The summed E-state index contributed by atoms with van der Waals surface area (Å²) >= 11 is 0. The Morgan fingerprint density at radius 1 is 1.17 bits per heavy atom. The van der Waals surface area contributed by atoms with Gasteiger partial charge < -0.3 is 19.5 Å². The maximum Gasteiger partial charge on any atom is 0.465 e. The molecule has 0 spiro atoms. The topological polar surface area (TPSA) is 73.9 Å². The van der Waals surface area contributed by atoms with Crippen LogP contribution in [0.25, 0.3) is 0 Å². The second-order valence-electron chi connectivity index (χ2n) is 5.86. The maximum absolute atomic E-state index is 12.7. The molecule has 6 nitrogen and oxygen atoms in total. The zero-order valence-electron chi connectivity index (χ0n) is 12.8. The van der Waals surface area contributed by atoms with Crippen molar-refractivity contribution in [2.45, 2.75) is 57.0 Å². The number of rotatable bonds is 3. The molecule has 1 amide bonds. The summed E-state index contributed by atoms with van der Waals surface area (Å²) in [7, 11) is 0. The molecule has 0 aromatic heterocycles. The highest BCUT2D eigenvalue weighted by Crippen LogP contribution is 2.50. The summed E-state index contributed by atoms with van der Waals surface area (Å²) in [4.78, 5) is 22.6. The fourth-order valence-electron chi connectivity index (χ4n) is 1.69. The van der Waals surface area contributed by atoms with Crippen LogP contribution in [0.5, 0.6) is 0 Å². The van der Waals surface area contributed by atoms with Crippen molar-refractivity contribution in [3.63, 3.8) is 0 Å². The number of amides is 1. The van der Waals surface area contributed by atoms with E-state index in [1.54, 1.807) is 20.8 Å². The Labute approximate surface area is 132 Å². The zero-order chi connectivity index (χ0) is 19.0. The molecular formula is C12H15F6NO5. The van der Waals surface area contributed by atoms with Crippen molar-refractivity contribution in [1.82, 2.24) is 5.32 Å². The Morgan fingerprint density at radius 3 is 2.04 bits per heavy atom. The molecule has 0 bridgehead atoms. The van der Waals surface area contributed by atoms with E-state index in [0.29, 0.717) is 0 Å². The first-order valence-electron chi connectivity index (χ1n) is 6.60. The first kappa shape index (κ1) is 20.3. The summed E-state index contributed by atoms with van der Waals surface area (Å²) in [5.41, 5.74) is -0.853. The molecule has 24 heavy (non-hydrogen) atoms. The van der Waals surface area contributed by atoms with Gasteiger partial charge in [0.25, 0.3) is 0 Å². The molecule has 1 unspecified atom stereocenters. The lowest BCUT2D eigenvalue weighted by atomic mass is 10.2. The highest BCUT2D eigenvalue weighted by Gasteiger charge is 2.80. The number of cyclic esters (lactones) is 1. The van der Waals surface area contributed by atoms with Gasteiger partial charge in [-0.3, -0.25) is 0 Å². The molecule has 1 N–H and O–H groups in total. The second-order valence-corrected chi connectivity index (χ2v) is 5.86. The Hall–Kier alpha value is -1.72. The molecule has 0 aliphatic carbocycles. The van der Waals surface area contributed by atoms with E-state index >= 15 is 0 Å². The van der Waals surface area contributed by atoms with Crippen molar-refractivity contribution in [1.29, 1.82) is 0 Å². The van der Waals surface area contributed by atoms with E-state index in [-0.39, 0.29) is 0 Å². The molecule has 0 radical (unpaired) electrons. The van der Waals surface area contributed by atoms with Crippen LogP contribution in [0.1, 0.15) is 27.2 Å². The third kappa shape index (κ3) is 4.42. The number of ether oxygens (including phenoxy) is 3. The molecule has 1 saturated heterocycles. The Morgan fingerprint density at radius 2 is 1.67 bits per heavy atom. The van der Waals surface area contributed by atoms with E-state index in [2.05, 4.69) is 14.8 Å². The monoisotopic (exact) mass is 367 g/mol. The van der Waals surface area contributed by atoms with E-state index in [1.807, 2.05) is 0 Å². The molecule has 12 heteroatoms. The van der Waals surface area contributed by atoms with Gasteiger partial charge >= 0.3 is 30.2 Å². The van der Waals surface area contributed by atoms with Gasteiger partial charge in [-0.25, -0.2) is 9.59 Å². The lowest BCUT2D eigenvalue weighted by molar-refractivity contribution is -0.439. The number of hydrogen-bond acceptors (Lipinski definition) is 5. The standard InChI is InChI=1S/C12H15F6NO5/c1-9(2,3)24-8(21)19-5-4-6-7(20)23-10(22-6,11(13,14)15)12(16,17)18/h6H,4-5H2,1-3H3,(H,19,21). The van der Waals surface area contributed by atoms with Crippen molar-refractivity contribution in [2.24, 2.45) is 0 Å². The van der Waals surface area contributed by atoms with Crippen molar-refractivity contribution >= 4 is 12.1 Å². The van der Waals surface area contributed by atoms with Gasteiger partial charge in [-0.05, 0) is 20.8 Å². The molecular weight excluding hydrogens is 352 g/mol. The predicted molar refractivity (Wildman–Crippen MR) is 64.7 cm³/mol. The maximum atomic E-state index is 12.7. The quantitative estimate of drug-likeness (QED) is 0.613. The number of alkyl carbamates (subject to hydrolysis) is 1. The number of halogens is 6. The van der Waals surface area contributed by atoms with Gasteiger partial charge in [0, 0.05) is 13.0 Å². The highest BCUT2D eigenvalue weighted by molar-refractivity contribution is 5.77. The molecule has 1 rings (SSSR count). The van der Waals surface area contributed by atoms with Gasteiger partial charge in [0.05, 0.1) is 0 Å². The van der Waals surface area contributed by atoms with Crippen LogP contribution in [0.2, 0.25) is 0 Å². The minimum absolute atomic E-state index is 0.458. The summed E-state index contributed by atoms with van der Waals surface area (Å²) in [5.74, 6) is -6.83. The van der Waals surface area contributed by atoms with Crippen LogP contribution in [0.3, 0.4) is 0 Å². The van der Waals surface area contributed by atoms with Gasteiger partial charge in [-0.2, -0.15) is 26.3 Å². The van der Waals surface area contributed by atoms with Gasteiger partial charge in [0.1, 0.15) is 5.60 Å². The van der Waals surface area contributed by atoms with Crippen LogP contribution in [0.4, 0.5) is 31.1 Å². The summed E-state index contributed by atoms with van der Waals surface area (Å²) in [6.45, 7) is 4.18. The Balaban J connectivity index is 2.70. The summed E-state index contributed by atoms with van der Waals surface area (Å²) in [5, 5.41) is 2.08. The van der Waals surface area contributed by atoms with E-state index < -0.39 is 54.9 Å². The minimum Gasteiger partial charge on any atom is -0.444 e. The summed E-state index contributed by atoms with van der Waals surface area (Å²) in [6, 6.07) is 0. The molecule has 1 atom stereocenters. The van der Waals surface area contributed by atoms with E-state index in [4.69, 9.17) is 4.74 Å². The molecule has 1 heterocycles. The lowest BCUT2D eigenvalue weighted by Crippen LogP contribution is -2.58. The predicted octanol–water partition coefficient (Wildman–Crippen LogP) is 2.66.